The maximum absolute atomic E-state index is 9.44. The van der Waals surface area contributed by atoms with E-state index in [1.165, 1.54) is 18.7 Å². The number of rotatable bonds is 1. The first-order valence-electron chi connectivity index (χ1n) is 8.44. The summed E-state index contributed by atoms with van der Waals surface area (Å²) >= 11 is 7.61. The fourth-order valence-electron chi connectivity index (χ4n) is 2.67. The first-order valence-corrected chi connectivity index (χ1v) is 9.63. The van der Waals surface area contributed by atoms with Crippen LogP contribution >= 0.6 is 22.9 Å². The van der Waals surface area contributed by atoms with E-state index in [2.05, 4.69) is 18.8 Å². The smallest absolute Gasteiger partial charge is 0.129 e. The minimum atomic E-state index is 0.167. The predicted molar refractivity (Wildman–Crippen MR) is 116 cm³/mol. The Morgan fingerprint density at radius 1 is 1.19 bits per heavy atom. The number of ketones is 1. The fraction of sp³-hybridized carbons (Fsp3) is 0.300. The second kappa shape index (κ2) is 8.59. The van der Waals surface area contributed by atoms with Crippen molar-refractivity contribution in [3.63, 3.8) is 0 Å². The third-order valence-electron chi connectivity index (χ3n) is 3.92. The molecule has 0 unspecified atom stereocenters. The molecule has 0 atom stereocenters. The zero-order valence-corrected chi connectivity index (χ0v) is 17.7. The van der Waals surface area contributed by atoms with Crippen molar-refractivity contribution in [3.05, 3.63) is 50.9 Å². The number of amidine groups is 2. The zero-order valence-electron chi connectivity index (χ0n) is 16.1. The van der Waals surface area contributed by atoms with Crippen molar-refractivity contribution in [3.8, 4) is 0 Å². The molecule has 1 aromatic heterocycles. The molecule has 0 amide bonds. The third-order valence-corrected chi connectivity index (χ3v) is 5.36. The van der Waals surface area contributed by atoms with Crippen LogP contribution in [0.1, 0.15) is 42.3 Å². The van der Waals surface area contributed by atoms with Crippen LogP contribution in [0.3, 0.4) is 0 Å². The first kappa shape index (κ1) is 21.0. The van der Waals surface area contributed by atoms with E-state index in [4.69, 9.17) is 22.4 Å². The second-order valence-electron chi connectivity index (χ2n) is 6.41. The van der Waals surface area contributed by atoms with E-state index >= 15 is 0 Å². The number of nitrogens with one attached hydrogen (secondary N) is 2. The van der Waals surface area contributed by atoms with Crippen molar-refractivity contribution in [2.45, 2.75) is 34.6 Å². The molecule has 3 rings (SSSR count). The number of aryl methyl sites for hydroxylation is 1. The van der Waals surface area contributed by atoms with Gasteiger partial charge in [-0.3, -0.25) is 20.7 Å². The molecular formula is C20H23ClN4OS. The van der Waals surface area contributed by atoms with Crippen LogP contribution < -0.4 is 4.90 Å². The van der Waals surface area contributed by atoms with E-state index in [1.807, 2.05) is 24.3 Å². The Bertz CT molecular complexity index is 924. The minimum Gasteiger partial charge on any atom is -0.300 e. The van der Waals surface area contributed by atoms with E-state index in [0.717, 1.165) is 27.4 Å². The number of nitrogens with zero attached hydrogens (tertiary/aromatic N) is 2. The summed E-state index contributed by atoms with van der Waals surface area (Å²) < 4.78 is 0. The van der Waals surface area contributed by atoms with Gasteiger partial charge in [-0.2, -0.15) is 0 Å². The number of aliphatic imine (C=N–C) groups is 1. The molecule has 2 heterocycles. The highest BCUT2D eigenvalue weighted by atomic mass is 35.5. The van der Waals surface area contributed by atoms with Gasteiger partial charge in [-0.05, 0) is 52.3 Å². The molecule has 1 aromatic carbocycles. The summed E-state index contributed by atoms with van der Waals surface area (Å²) in [4.78, 5) is 17.0. The van der Waals surface area contributed by atoms with Crippen molar-refractivity contribution >= 4 is 51.1 Å². The van der Waals surface area contributed by atoms with Crippen LogP contribution in [0.4, 0.5) is 5.00 Å². The van der Waals surface area contributed by atoms with Crippen LogP contribution in [-0.4, -0.2) is 29.7 Å². The van der Waals surface area contributed by atoms with Gasteiger partial charge in [-0.15, -0.1) is 11.3 Å². The van der Waals surface area contributed by atoms with E-state index < -0.39 is 0 Å². The molecular weight excluding hydrogens is 380 g/mol. The topological polar surface area (TPSA) is 80.4 Å². The summed E-state index contributed by atoms with van der Waals surface area (Å²) in [5.41, 5.74) is 4.02. The molecule has 0 saturated heterocycles. The standard InChI is InChI=1S/C17H17ClN4S.C3H6O/c1-9-10(2)23-17-15(9)16(12-4-6-13(18)7-5-12)21-8-14(20)22(17)11(3)19;1-3(2)4/h4-7,19-20H,8H2,1-3H3;1-2H3. The van der Waals surface area contributed by atoms with Crippen LogP contribution in [0.15, 0.2) is 29.3 Å². The number of fused-ring (bicyclic) bond motifs is 1. The zero-order chi connectivity index (χ0) is 20.3. The number of hydrogen-bond acceptors (Lipinski definition) is 5. The molecule has 0 spiro atoms. The Kier molecular flexibility index (Phi) is 6.68. The summed E-state index contributed by atoms with van der Waals surface area (Å²) in [6.45, 7) is 9.15. The molecule has 1 aliphatic heterocycles. The average molecular weight is 403 g/mol. The molecule has 0 radical (unpaired) electrons. The number of Topliss-reactive ketones (excluding diaryl/α,β-unsaturated/α-hetero) is 1. The molecule has 1 aliphatic rings. The number of halogens is 1. The number of hydrogen-bond donors (Lipinski definition) is 2. The Morgan fingerprint density at radius 3 is 2.26 bits per heavy atom. The summed E-state index contributed by atoms with van der Waals surface area (Å²) in [5, 5.41) is 17.9. The summed E-state index contributed by atoms with van der Waals surface area (Å²) in [6.07, 6.45) is 0. The van der Waals surface area contributed by atoms with E-state index in [0.29, 0.717) is 16.7 Å². The van der Waals surface area contributed by atoms with Crippen molar-refractivity contribution in [1.82, 2.24) is 0 Å². The Balaban J connectivity index is 0.000000596. The van der Waals surface area contributed by atoms with E-state index in [-0.39, 0.29) is 12.3 Å². The number of benzene rings is 1. The van der Waals surface area contributed by atoms with Crippen LogP contribution in [0, 0.1) is 24.7 Å². The van der Waals surface area contributed by atoms with E-state index in [1.54, 1.807) is 23.2 Å². The van der Waals surface area contributed by atoms with Gasteiger partial charge in [0.25, 0.3) is 0 Å². The molecule has 0 saturated carbocycles. The molecule has 0 fully saturated rings. The van der Waals surface area contributed by atoms with Gasteiger partial charge >= 0.3 is 0 Å². The highest BCUT2D eigenvalue weighted by Gasteiger charge is 2.28. The molecule has 2 N–H and O–H groups in total. The molecule has 142 valence electrons. The monoisotopic (exact) mass is 402 g/mol. The van der Waals surface area contributed by atoms with Gasteiger partial charge in [0, 0.05) is 21.0 Å². The third kappa shape index (κ3) is 4.70. The number of thiophene rings is 1. The minimum absolute atomic E-state index is 0.167. The van der Waals surface area contributed by atoms with Gasteiger partial charge in [-0.25, -0.2) is 0 Å². The predicted octanol–water partition coefficient (Wildman–Crippen LogP) is 5.25. The Labute approximate surface area is 168 Å². The SMILES string of the molecule is CC(=N)N1C(=N)CN=C(c2ccc(Cl)cc2)c2c1sc(C)c2C.CC(C)=O. The lowest BCUT2D eigenvalue weighted by molar-refractivity contribution is -0.114. The molecule has 0 aliphatic carbocycles. The van der Waals surface area contributed by atoms with Crippen LogP contribution in [0.5, 0.6) is 0 Å². The van der Waals surface area contributed by atoms with Crippen molar-refractivity contribution in [2.75, 3.05) is 11.4 Å². The van der Waals surface area contributed by atoms with Crippen LogP contribution in [0.25, 0.3) is 0 Å². The molecule has 27 heavy (non-hydrogen) atoms. The Morgan fingerprint density at radius 2 is 1.74 bits per heavy atom. The molecule has 2 aromatic rings. The molecule has 5 nitrogen and oxygen atoms in total. The first-order chi connectivity index (χ1) is 12.6. The quantitative estimate of drug-likeness (QED) is 0.504. The Hall–Kier alpha value is -2.31. The maximum Gasteiger partial charge on any atom is 0.129 e. The number of carbonyl (C=O) groups excluding carboxylic acids is 1. The van der Waals surface area contributed by atoms with Gasteiger partial charge < -0.3 is 4.79 Å². The van der Waals surface area contributed by atoms with Crippen LogP contribution in [-0.2, 0) is 4.79 Å². The van der Waals surface area contributed by atoms with Crippen molar-refractivity contribution < 1.29 is 4.79 Å². The lowest BCUT2D eigenvalue weighted by Crippen LogP contribution is -2.35. The normalized spacial score (nSPS) is 13.2. The lowest BCUT2D eigenvalue weighted by atomic mass is 10.00. The fourth-order valence-corrected chi connectivity index (χ4v) is 4.03. The number of anilines is 1. The second-order valence-corrected chi connectivity index (χ2v) is 8.05. The highest BCUT2D eigenvalue weighted by molar-refractivity contribution is 7.17. The maximum atomic E-state index is 9.44. The van der Waals surface area contributed by atoms with Gasteiger partial charge in [-0.1, -0.05) is 23.7 Å². The van der Waals surface area contributed by atoms with Crippen molar-refractivity contribution in [1.29, 1.82) is 10.8 Å². The van der Waals surface area contributed by atoms with Gasteiger partial charge in [0.15, 0.2) is 0 Å². The van der Waals surface area contributed by atoms with E-state index in [9.17, 15) is 4.79 Å². The highest BCUT2D eigenvalue weighted by Crippen LogP contribution is 2.38. The van der Waals surface area contributed by atoms with Gasteiger partial charge in [0.1, 0.15) is 22.5 Å². The van der Waals surface area contributed by atoms with Crippen LogP contribution in [0.2, 0.25) is 5.02 Å². The lowest BCUT2D eigenvalue weighted by Gasteiger charge is -2.21. The number of carbonyl (C=O) groups is 1. The average Bonchev–Trinajstić information content (AvgIpc) is 2.75. The van der Waals surface area contributed by atoms with Gasteiger partial charge in [0.05, 0.1) is 12.3 Å². The van der Waals surface area contributed by atoms with Gasteiger partial charge in [0.2, 0.25) is 0 Å². The summed E-state index contributed by atoms with van der Waals surface area (Å²) in [7, 11) is 0. The summed E-state index contributed by atoms with van der Waals surface area (Å²) in [6, 6.07) is 7.61. The largest absolute Gasteiger partial charge is 0.300 e. The molecule has 7 heteroatoms. The summed E-state index contributed by atoms with van der Waals surface area (Å²) in [5.74, 6) is 0.828. The molecule has 0 bridgehead atoms. The van der Waals surface area contributed by atoms with Crippen molar-refractivity contribution in [2.24, 2.45) is 4.99 Å².